The van der Waals surface area contributed by atoms with E-state index in [0.717, 1.165) is 16.8 Å². The first-order valence-corrected chi connectivity index (χ1v) is 12.3. The molecule has 162 valence electrons. The van der Waals surface area contributed by atoms with Gasteiger partial charge in [0.1, 0.15) is 4.90 Å². The molecule has 0 bridgehead atoms. The molecule has 5 nitrogen and oxygen atoms in total. The Balaban J connectivity index is 1.93. The average Bonchev–Trinajstić information content (AvgIpc) is 2.72. The smallest absolute Gasteiger partial charge is 0.339 e. The highest BCUT2D eigenvalue weighted by Crippen LogP contribution is 2.36. The van der Waals surface area contributed by atoms with Crippen molar-refractivity contribution in [3.63, 3.8) is 0 Å². The van der Waals surface area contributed by atoms with Gasteiger partial charge in [0.25, 0.3) is 0 Å². The van der Waals surface area contributed by atoms with Gasteiger partial charge >= 0.3 is 10.1 Å². The largest absolute Gasteiger partial charge is 0.490 e. The minimum absolute atomic E-state index is 0.0942. The van der Waals surface area contributed by atoms with E-state index in [9.17, 15) is 8.42 Å². The highest BCUT2D eigenvalue weighted by molar-refractivity contribution is 14.1. The normalized spacial score (nSPS) is 11.6. The summed E-state index contributed by atoms with van der Waals surface area (Å²) in [6.07, 6.45) is 1.73. The lowest BCUT2D eigenvalue weighted by Crippen LogP contribution is -2.12. The van der Waals surface area contributed by atoms with E-state index in [0.29, 0.717) is 15.9 Å². The maximum Gasteiger partial charge on any atom is 0.339 e. The van der Waals surface area contributed by atoms with Gasteiger partial charge in [0, 0.05) is 6.21 Å². The topological polar surface area (TPSA) is 65.0 Å². The van der Waals surface area contributed by atoms with Crippen LogP contribution in [-0.4, -0.2) is 21.2 Å². The first-order chi connectivity index (χ1) is 14.7. The number of halogens is 1. The first kappa shape index (κ1) is 23.3. The number of nitrogens with zero attached hydrogens (tertiary/aromatic N) is 1. The van der Waals surface area contributed by atoms with Crippen LogP contribution in [0.2, 0.25) is 0 Å². The second kappa shape index (κ2) is 9.82. The summed E-state index contributed by atoms with van der Waals surface area (Å²) in [5, 5.41) is 0. The van der Waals surface area contributed by atoms with Crippen molar-refractivity contribution in [1.29, 1.82) is 0 Å². The lowest BCUT2D eigenvalue weighted by Gasteiger charge is -2.14. The molecular weight excluding hydrogens is 525 g/mol. The molecule has 0 heterocycles. The zero-order valence-corrected chi connectivity index (χ0v) is 20.8. The summed E-state index contributed by atoms with van der Waals surface area (Å²) >= 11 is 2.05. The van der Waals surface area contributed by atoms with E-state index in [1.807, 2.05) is 67.6 Å². The molecule has 0 saturated heterocycles. The Morgan fingerprint density at radius 3 is 2.32 bits per heavy atom. The lowest BCUT2D eigenvalue weighted by molar-refractivity contribution is 0.327. The van der Waals surface area contributed by atoms with Crippen LogP contribution >= 0.6 is 22.6 Å². The van der Waals surface area contributed by atoms with Gasteiger partial charge in [0.15, 0.2) is 11.5 Å². The Morgan fingerprint density at radius 1 is 0.968 bits per heavy atom. The number of benzene rings is 3. The monoisotopic (exact) mass is 549 g/mol. The molecule has 0 unspecified atom stereocenters. The van der Waals surface area contributed by atoms with Crippen LogP contribution in [0, 0.1) is 24.3 Å². The van der Waals surface area contributed by atoms with Gasteiger partial charge in [-0.15, -0.1) is 0 Å². The minimum Gasteiger partial charge on any atom is -0.490 e. The Kier molecular flexibility index (Phi) is 7.38. The van der Waals surface area contributed by atoms with Crippen molar-refractivity contribution < 1.29 is 17.3 Å². The summed E-state index contributed by atoms with van der Waals surface area (Å²) in [5.74, 6) is 0.526. The summed E-state index contributed by atoms with van der Waals surface area (Å²) in [7, 11) is -3.99. The standard InChI is InChI=1S/C24H24INO4S/c1-5-29-23-14-19(15-26-20-9-8-17(3)18(4)12-20)13-22(25)24(23)30-31(27,28)21-10-6-16(2)7-11-21/h6-15H,5H2,1-4H3. The molecule has 0 aromatic heterocycles. The van der Waals surface area contributed by atoms with E-state index in [-0.39, 0.29) is 10.6 Å². The van der Waals surface area contributed by atoms with E-state index < -0.39 is 10.1 Å². The summed E-state index contributed by atoms with van der Waals surface area (Å²) < 4.78 is 37.3. The summed E-state index contributed by atoms with van der Waals surface area (Å²) in [5.41, 5.74) is 4.98. The third kappa shape index (κ3) is 5.86. The van der Waals surface area contributed by atoms with Crippen LogP contribution in [0.25, 0.3) is 0 Å². The molecule has 0 radical (unpaired) electrons. The van der Waals surface area contributed by atoms with E-state index in [1.54, 1.807) is 24.4 Å². The SMILES string of the molecule is CCOc1cc(C=Nc2ccc(C)c(C)c2)cc(I)c1OS(=O)(=O)c1ccc(C)cc1. The van der Waals surface area contributed by atoms with Crippen LogP contribution in [0.5, 0.6) is 11.5 Å². The van der Waals surface area contributed by atoms with Gasteiger partial charge in [0.2, 0.25) is 0 Å². The molecule has 0 amide bonds. The van der Waals surface area contributed by atoms with Crippen molar-refractivity contribution in [2.24, 2.45) is 4.99 Å². The molecular formula is C24H24INO4S. The molecule has 0 spiro atoms. The van der Waals surface area contributed by atoms with Crippen LogP contribution < -0.4 is 8.92 Å². The lowest BCUT2D eigenvalue weighted by atomic mass is 10.1. The molecule has 31 heavy (non-hydrogen) atoms. The molecule has 0 N–H and O–H groups in total. The summed E-state index contributed by atoms with van der Waals surface area (Å²) in [6, 6.07) is 16.1. The Morgan fingerprint density at radius 2 is 1.68 bits per heavy atom. The predicted octanol–water partition coefficient (Wildman–Crippen LogP) is 6.13. The van der Waals surface area contributed by atoms with Crippen LogP contribution in [0.15, 0.2) is 64.5 Å². The number of hydrogen-bond donors (Lipinski definition) is 0. The van der Waals surface area contributed by atoms with E-state index in [1.165, 1.54) is 23.3 Å². The zero-order chi connectivity index (χ0) is 22.6. The minimum atomic E-state index is -3.99. The van der Waals surface area contributed by atoms with Crippen LogP contribution in [0.4, 0.5) is 5.69 Å². The number of ether oxygens (including phenoxy) is 1. The van der Waals surface area contributed by atoms with Gasteiger partial charge in [0.05, 0.1) is 15.9 Å². The van der Waals surface area contributed by atoms with Crippen LogP contribution in [0.3, 0.4) is 0 Å². The molecule has 3 aromatic carbocycles. The summed E-state index contributed by atoms with van der Waals surface area (Å²) in [6.45, 7) is 8.20. The number of rotatable bonds is 7. The number of hydrogen-bond acceptors (Lipinski definition) is 5. The molecule has 0 fully saturated rings. The third-order valence-electron chi connectivity index (χ3n) is 4.69. The maximum atomic E-state index is 12.8. The molecule has 0 aliphatic rings. The van der Waals surface area contributed by atoms with Crippen molar-refractivity contribution >= 4 is 44.6 Å². The highest BCUT2D eigenvalue weighted by atomic mass is 127. The van der Waals surface area contributed by atoms with E-state index >= 15 is 0 Å². The van der Waals surface area contributed by atoms with Gasteiger partial charge < -0.3 is 8.92 Å². The molecule has 7 heteroatoms. The number of aryl methyl sites for hydroxylation is 3. The third-order valence-corrected chi connectivity index (χ3v) is 6.72. The van der Waals surface area contributed by atoms with Crippen molar-refractivity contribution in [2.45, 2.75) is 32.6 Å². The quantitative estimate of drug-likeness (QED) is 0.202. The molecule has 0 aliphatic carbocycles. The van der Waals surface area contributed by atoms with Crippen molar-refractivity contribution in [3.8, 4) is 11.5 Å². The van der Waals surface area contributed by atoms with E-state index in [2.05, 4.69) is 11.9 Å². The van der Waals surface area contributed by atoms with Crippen molar-refractivity contribution in [2.75, 3.05) is 6.61 Å². The van der Waals surface area contributed by atoms with Gasteiger partial charge in [-0.2, -0.15) is 8.42 Å². The molecule has 0 aliphatic heterocycles. The number of aliphatic imine (C=N–C) groups is 1. The Hall–Kier alpha value is -2.39. The Bertz CT molecular complexity index is 1220. The molecule has 3 aromatic rings. The molecule has 0 atom stereocenters. The Labute approximate surface area is 197 Å². The second-order valence-electron chi connectivity index (χ2n) is 7.14. The van der Waals surface area contributed by atoms with Crippen LogP contribution in [-0.2, 0) is 10.1 Å². The predicted molar refractivity (Wildman–Crippen MR) is 132 cm³/mol. The van der Waals surface area contributed by atoms with Crippen molar-refractivity contribution in [3.05, 3.63) is 80.4 Å². The maximum absolute atomic E-state index is 12.8. The molecule has 3 rings (SSSR count). The second-order valence-corrected chi connectivity index (χ2v) is 9.85. The summed E-state index contributed by atoms with van der Waals surface area (Å²) in [4.78, 5) is 4.63. The fourth-order valence-corrected chi connectivity index (χ4v) is 4.67. The van der Waals surface area contributed by atoms with Gasteiger partial charge in [-0.3, -0.25) is 4.99 Å². The fourth-order valence-electron chi connectivity index (χ4n) is 2.82. The van der Waals surface area contributed by atoms with Crippen molar-refractivity contribution in [1.82, 2.24) is 0 Å². The average molecular weight is 549 g/mol. The first-order valence-electron chi connectivity index (χ1n) is 9.78. The highest BCUT2D eigenvalue weighted by Gasteiger charge is 2.22. The van der Waals surface area contributed by atoms with Gasteiger partial charge in [-0.1, -0.05) is 23.8 Å². The van der Waals surface area contributed by atoms with Crippen LogP contribution in [0.1, 0.15) is 29.2 Å². The van der Waals surface area contributed by atoms with Gasteiger partial charge in [-0.05, 0) is 103 Å². The van der Waals surface area contributed by atoms with Gasteiger partial charge in [-0.25, -0.2) is 0 Å². The molecule has 0 saturated carbocycles. The fraction of sp³-hybridized carbons (Fsp3) is 0.208. The zero-order valence-electron chi connectivity index (χ0n) is 17.8. The van der Waals surface area contributed by atoms with E-state index in [4.69, 9.17) is 8.92 Å².